The molecule has 38 heavy (non-hydrogen) atoms. The smallest absolute Gasteiger partial charge is 0.307 e. The largest absolute Gasteiger partial charge is 0.481 e. The molecule has 0 bridgehead atoms. The molecule has 0 heterocycles. The number of aryl methyl sites for hydroxylation is 3. The van der Waals surface area contributed by atoms with Crippen molar-refractivity contribution in [1.82, 2.24) is 0 Å². The zero-order chi connectivity index (χ0) is 28.1. The van der Waals surface area contributed by atoms with Crippen molar-refractivity contribution in [2.45, 2.75) is 91.6 Å². The van der Waals surface area contributed by atoms with Crippen molar-refractivity contribution in [2.24, 2.45) is 0 Å². The maximum atomic E-state index is 11.1. The SMILES string of the molecule is CCC(O)(C=Cc1ccc(C(CC)(CC)c2cc(C)c(-c3ccc(CC(=O)O)cc3)c(C)c2)cc1C)CC. The molecule has 0 amide bonds. The minimum Gasteiger partial charge on any atom is -0.481 e. The van der Waals surface area contributed by atoms with Crippen LogP contribution in [0.4, 0.5) is 0 Å². The van der Waals surface area contributed by atoms with Crippen molar-refractivity contribution in [3.8, 4) is 11.1 Å². The van der Waals surface area contributed by atoms with Gasteiger partial charge in [0, 0.05) is 5.41 Å². The summed E-state index contributed by atoms with van der Waals surface area (Å²) in [6.45, 7) is 15.1. The highest BCUT2D eigenvalue weighted by molar-refractivity contribution is 5.74. The third-order valence-corrected chi connectivity index (χ3v) is 8.51. The maximum Gasteiger partial charge on any atom is 0.307 e. The zero-order valence-electron chi connectivity index (χ0n) is 24.2. The summed E-state index contributed by atoms with van der Waals surface area (Å²) in [6.07, 6.45) is 7.44. The van der Waals surface area contributed by atoms with Crippen LogP contribution in [0.5, 0.6) is 0 Å². The molecule has 0 radical (unpaired) electrons. The summed E-state index contributed by atoms with van der Waals surface area (Å²) in [4.78, 5) is 11.1. The molecule has 0 aliphatic rings. The summed E-state index contributed by atoms with van der Waals surface area (Å²) in [6, 6.07) is 19.4. The van der Waals surface area contributed by atoms with Crippen LogP contribution in [0.3, 0.4) is 0 Å². The maximum absolute atomic E-state index is 11.1. The Bertz CT molecular complexity index is 1270. The van der Waals surface area contributed by atoms with Gasteiger partial charge in [0.15, 0.2) is 0 Å². The first-order valence-electron chi connectivity index (χ1n) is 14.0. The fourth-order valence-corrected chi connectivity index (χ4v) is 5.78. The van der Waals surface area contributed by atoms with Gasteiger partial charge in [0.1, 0.15) is 0 Å². The van der Waals surface area contributed by atoms with Gasteiger partial charge in [0.2, 0.25) is 0 Å². The van der Waals surface area contributed by atoms with Gasteiger partial charge in [0.25, 0.3) is 0 Å². The summed E-state index contributed by atoms with van der Waals surface area (Å²) in [5, 5.41) is 19.8. The van der Waals surface area contributed by atoms with Crippen molar-refractivity contribution in [3.63, 3.8) is 0 Å². The van der Waals surface area contributed by atoms with Crippen LogP contribution in [-0.2, 0) is 16.6 Å². The fraction of sp³-hybridized carbons (Fsp3) is 0.400. The van der Waals surface area contributed by atoms with Gasteiger partial charge in [-0.1, -0.05) is 94.4 Å². The third kappa shape index (κ3) is 6.10. The predicted molar refractivity (Wildman–Crippen MR) is 160 cm³/mol. The molecule has 0 aromatic heterocycles. The van der Waals surface area contributed by atoms with Gasteiger partial charge >= 0.3 is 5.97 Å². The molecule has 3 aromatic carbocycles. The summed E-state index contributed by atoms with van der Waals surface area (Å²) >= 11 is 0. The number of aliphatic carboxylic acids is 1. The van der Waals surface area contributed by atoms with E-state index >= 15 is 0 Å². The second-order valence-corrected chi connectivity index (χ2v) is 10.8. The van der Waals surface area contributed by atoms with Crippen LogP contribution in [0.2, 0.25) is 0 Å². The van der Waals surface area contributed by atoms with E-state index in [0.29, 0.717) is 12.8 Å². The number of carbonyl (C=O) groups is 1. The van der Waals surface area contributed by atoms with Crippen molar-refractivity contribution >= 4 is 12.0 Å². The second-order valence-electron chi connectivity index (χ2n) is 10.8. The van der Waals surface area contributed by atoms with Crippen LogP contribution in [-0.4, -0.2) is 21.8 Å². The van der Waals surface area contributed by atoms with E-state index in [2.05, 4.69) is 71.0 Å². The average molecular weight is 513 g/mol. The number of carboxylic acids is 1. The van der Waals surface area contributed by atoms with Gasteiger partial charge < -0.3 is 10.2 Å². The van der Waals surface area contributed by atoms with Crippen LogP contribution in [0.25, 0.3) is 17.2 Å². The number of hydrogen-bond acceptors (Lipinski definition) is 2. The van der Waals surface area contributed by atoms with E-state index in [9.17, 15) is 9.90 Å². The first-order chi connectivity index (χ1) is 18.0. The van der Waals surface area contributed by atoms with Crippen molar-refractivity contribution < 1.29 is 15.0 Å². The molecule has 0 unspecified atom stereocenters. The summed E-state index contributed by atoms with van der Waals surface area (Å²) in [5.41, 5.74) is 9.76. The summed E-state index contributed by atoms with van der Waals surface area (Å²) in [5.74, 6) is -0.812. The normalized spacial score (nSPS) is 12.3. The van der Waals surface area contributed by atoms with Crippen molar-refractivity contribution in [2.75, 3.05) is 0 Å². The molecular formula is C35H44O3. The molecule has 0 fully saturated rings. The Morgan fingerprint density at radius 2 is 1.32 bits per heavy atom. The molecule has 0 aliphatic carbocycles. The van der Waals surface area contributed by atoms with Crippen LogP contribution in [0, 0.1) is 20.8 Å². The van der Waals surface area contributed by atoms with E-state index in [1.165, 1.54) is 33.4 Å². The van der Waals surface area contributed by atoms with E-state index in [4.69, 9.17) is 5.11 Å². The van der Waals surface area contributed by atoms with Gasteiger partial charge in [-0.25, -0.2) is 0 Å². The lowest BCUT2D eigenvalue weighted by Gasteiger charge is -2.35. The van der Waals surface area contributed by atoms with Gasteiger partial charge in [-0.3, -0.25) is 4.79 Å². The lowest BCUT2D eigenvalue weighted by Crippen LogP contribution is -2.26. The molecule has 3 heteroatoms. The second kappa shape index (κ2) is 12.1. The summed E-state index contributed by atoms with van der Waals surface area (Å²) in [7, 11) is 0. The average Bonchev–Trinajstić information content (AvgIpc) is 2.89. The Hall–Kier alpha value is -3.17. The Labute approximate surface area is 229 Å². The molecule has 2 N–H and O–H groups in total. The molecule has 0 atom stereocenters. The number of aliphatic hydroxyl groups is 1. The van der Waals surface area contributed by atoms with Gasteiger partial charge in [-0.15, -0.1) is 0 Å². The van der Waals surface area contributed by atoms with Gasteiger partial charge in [-0.2, -0.15) is 0 Å². The number of hydrogen-bond donors (Lipinski definition) is 2. The standard InChI is InChI=1S/C35H44O3/c1-8-34(38,9-2)19-18-28-16-17-30(20-24(28)5)35(10-3,11-4)31-21-25(6)33(26(7)22-31)29-14-12-27(13-15-29)23-32(36)37/h12-22,38H,8-11,23H2,1-7H3,(H,36,37). The lowest BCUT2D eigenvalue weighted by atomic mass is 9.69. The van der Waals surface area contributed by atoms with Crippen LogP contribution in [0.1, 0.15) is 92.3 Å². The quantitative estimate of drug-likeness (QED) is 0.270. The van der Waals surface area contributed by atoms with Gasteiger partial charge in [-0.05, 0) is 96.5 Å². The molecule has 0 spiro atoms. The molecular weight excluding hydrogens is 468 g/mol. The molecule has 202 valence electrons. The molecule has 0 saturated heterocycles. The highest BCUT2D eigenvalue weighted by Crippen LogP contribution is 2.42. The molecule has 3 rings (SSSR count). The first kappa shape index (κ1) is 29.4. The van der Waals surface area contributed by atoms with Crippen LogP contribution >= 0.6 is 0 Å². The first-order valence-corrected chi connectivity index (χ1v) is 14.0. The number of benzene rings is 3. The molecule has 3 aromatic rings. The number of rotatable bonds is 11. The molecule has 0 aliphatic heterocycles. The van der Waals surface area contributed by atoms with E-state index < -0.39 is 11.6 Å². The lowest BCUT2D eigenvalue weighted by molar-refractivity contribution is -0.136. The Kier molecular flexibility index (Phi) is 9.38. The monoisotopic (exact) mass is 512 g/mol. The Morgan fingerprint density at radius 1 is 0.763 bits per heavy atom. The van der Waals surface area contributed by atoms with Crippen LogP contribution in [0.15, 0.2) is 60.7 Å². The Balaban J connectivity index is 2.02. The predicted octanol–water partition coefficient (Wildman–Crippen LogP) is 8.58. The highest BCUT2D eigenvalue weighted by atomic mass is 16.4. The summed E-state index contributed by atoms with van der Waals surface area (Å²) < 4.78 is 0. The highest BCUT2D eigenvalue weighted by Gasteiger charge is 2.32. The zero-order valence-corrected chi connectivity index (χ0v) is 24.2. The minimum absolute atomic E-state index is 0.0405. The Morgan fingerprint density at radius 3 is 1.79 bits per heavy atom. The molecule has 3 nitrogen and oxygen atoms in total. The van der Waals surface area contributed by atoms with Crippen molar-refractivity contribution in [3.05, 3.63) is 99.6 Å². The van der Waals surface area contributed by atoms with Crippen LogP contribution < -0.4 is 0 Å². The van der Waals surface area contributed by atoms with Gasteiger partial charge in [0.05, 0.1) is 12.0 Å². The van der Waals surface area contributed by atoms with E-state index in [1.54, 1.807) is 0 Å². The topological polar surface area (TPSA) is 57.5 Å². The minimum atomic E-state index is -0.812. The van der Waals surface area contributed by atoms with E-state index in [0.717, 1.165) is 29.5 Å². The van der Waals surface area contributed by atoms with E-state index in [-0.39, 0.29) is 11.8 Å². The third-order valence-electron chi connectivity index (χ3n) is 8.51. The fourth-order valence-electron chi connectivity index (χ4n) is 5.78. The molecule has 0 saturated carbocycles. The van der Waals surface area contributed by atoms with Crippen molar-refractivity contribution in [1.29, 1.82) is 0 Å². The number of carboxylic acid groups (broad SMARTS) is 1. The van der Waals surface area contributed by atoms with E-state index in [1.807, 2.05) is 44.2 Å².